The van der Waals surface area contributed by atoms with Crippen molar-refractivity contribution in [2.24, 2.45) is 0 Å². The zero-order valence-electron chi connectivity index (χ0n) is 14.9. The summed E-state index contributed by atoms with van der Waals surface area (Å²) in [6.45, 7) is 3.58. The van der Waals surface area contributed by atoms with Gasteiger partial charge < -0.3 is 15.2 Å². The molecule has 0 heterocycles. The first-order chi connectivity index (χ1) is 12.4. The molecule has 0 spiro atoms. The van der Waals surface area contributed by atoms with Crippen molar-refractivity contribution in [2.45, 2.75) is 32.9 Å². The molecule has 1 atom stereocenters. The lowest BCUT2D eigenvalue weighted by Gasteiger charge is -2.16. The molecule has 0 aliphatic heterocycles. The topological polar surface area (TPSA) is 75.6 Å². The van der Waals surface area contributed by atoms with Gasteiger partial charge in [0, 0.05) is 12.1 Å². The number of rotatable bonds is 9. The summed E-state index contributed by atoms with van der Waals surface area (Å²) in [7, 11) is 0. The van der Waals surface area contributed by atoms with E-state index in [4.69, 9.17) is 4.74 Å². The van der Waals surface area contributed by atoms with Gasteiger partial charge in [-0.05, 0) is 43.2 Å². The number of carboxylic acids is 1. The summed E-state index contributed by atoms with van der Waals surface area (Å²) in [5.74, 6) is -0.366. The molecular formula is C21H23NO4. The van der Waals surface area contributed by atoms with E-state index in [1.165, 1.54) is 13.0 Å². The molecule has 26 heavy (non-hydrogen) atoms. The van der Waals surface area contributed by atoms with Crippen LogP contribution in [-0.2, 0) is 22.6 Å². The van der Waals surface area contributed by atoms with Gasteiger partial charge in [0.2, 0.25) is 0 Å². The Kier molecular flexibility index (Phi) is 6.97. The minimum Gasteiger partial charge on any atom is -0.489 e. The number of hydrogen-bond acceptors (Lipinski definition) is 4. The van der Waals surface area contributed by atoms with E-state index in [1.54, 1.807) is 6.92 Å². The summed E-state index contributed by atoms with van der Waals surface area (Å²) in [5.41, 5.74) is 2.49. The lowest BCUT2D eigenvalue weighted by molar-refractivity contribution is -0.139. The van der Waals surface area contributed by atoms with E-state index in [2.05, 4.69) is 5.32 Å². The Labute approximate surface area is 153 Å². The first-order valence-corrected chi connectivity index (χ1v) is 8.38. The summed E-state index contributed by atoms with van der Waals surface area (Å²) < 4.78 is 5.73. The van der Waals surface area contributed by atoms with Crippen LogP contribution >= 0.6 is 0 Å². The molecule has 0 unspecified atom stereocenters. The van der Waals surface area contributed by atoms with Gasteiger partial charge in [-0.1, -0.05) is 42.5 Å². The number of ketones is 1. The summed E-state index contributed by atoms with van der Waals surface area (Å²) in [5, 5.41) is 12.3. The minimum absolute atomic E-state index is 0.126. The van der Waals surface area contributed by atoms with Crippen LogP contribution in [0.15, 0.2) is 66.4 Å². The van der Waals surface area contributed by atoms with Crippen molar-refractivity contribution >= 4 is 11.8 Å². The average Bonchev–Trinajstić information content (AvgIpc) is 2.60. The van der Waals surface area contributed by atoms with E-state index in [9.17, 15) is 14.7 Å². The van der Waals surface area contributed by atoms with Gasteiger partial charge in [0.1, 0.15) is 18.4 Å². The fourth-order valence-corrected chi connectivity index (χ4v) is 2.52. The van der Waals surface area contributed by atoms with Crippen LogP contribution in [0.25, 0.3) is 0 Å². The maximum atomic E-state index is 11.5. The SMILES string of the molecule is CC(=O)/C=C(\C)N[C@@H](Cc1ccc(OCc2ccccc2)cc1)C(=O)O. The third-order valence-electron chi connectivity index (χ3n) is 3.73. The number of carboxylic acid groups (broad SMARTS) is 1. The standard InChI is InChI=1S/C21H23NO4/c1-15(12-16(2)23)22-20(21(24)25)13-17-8-10-19(11-9-17)26-14-18-6-4-3-5-7-18/h3-12,20,22H,13-14H2,1-2H3,(H,24,25)/b15-12+/t20-/m0/s1. The van der Waals surface area contributed by atoms with Crippen LogP contribution in [0, 0.1) is 0 Å². The number of hydrogen-bond donors (Lipinski definition) is 2. The van der Waals surface area contributed by atoms with Crippen molar-refractivity contribution in [1.82, 2.24) is 5.32 Å². The fraction of sp³-hybridized carbons (Fsp3) is 0.238. The maximum Gasteiger partial charge on any atom is 0.326 e. The molecule has 0 radical (unpaired) electrons. The van der Waals surface area contributed by atoms with Crippen LogP contribution in [0.5, 0.6) is 5.75 Å². The van der Waals surface area contributed by atoms with Crippen LogP contribution in [0.4, 0.5) is 0 Å². The van der Waals surface area contributed by atoms with Gasteiger partial charge in [-0.2, -0.15) is 0 Å². The van der Waals surface area contributed by atoms with Gasteiger partial charge in [-0.15, -0.1) is 0 Å². The lowest BCUT2D eigenvalue weighted by atomic mass is 10.1. The monoisotopic (exact) mass is 353 g/mol. The van der Waals surface area contributed by atoms with Crippen molar-refractivity contribution in [1.29, 1.82) is 0 Å². The number of nitrogens with one attached hydrogen (secondary N) is 1. The van der Waals surface area contributed by atoms with Crippen LogP contribution in [0.2, 0.25) is 0 Å². The predicted octanol–water partition coefficient (Wildman–Crippen LogP) is 3.34. The largest absolute Gasteiger partial charge is 0.489 e. The summed E-state index contributed by atoms with van der Waals surface area (Å²) >= 11 is 0. The molecule has 0 aromatic heterocycles. The van der Waals surface area contributed by atoms with E-state index in [0.717, 1.165) is 16.9 Å². The summed E-state index contributed by atoms with van der Waals surface area (Å²) in [6, 6.07) is 16.4. The van der Waals surface area contributed by atoms with E-state index in [0.29, 0.717) is 18.7 Å². The third kappa shape index (κ3) is 6.43. The molecular weight excluding hydrogens is 330 g/mol. The van der Waals surface area contributed by atoms with Gasteiger partial charge in [-0.3, -0.25) is 4.79 Å². The van der Waals surface area contributed by atoms with Crippen molar-refractivity contribution in [3.63, 3.8) is 0 Å². The molecule has 5 heteroatoms. The van der Waals surface area contributed by atoms with Gasteiger partial charge in [-0.25, -0.2) is 4.79 Å². The molecule has 136 valence electrons. The molecule has 2 N–H and O–H groups in total. The molecule has 0 saturated heterocycles. The van der Waals surface area contributed by atoms with Crippen molar-refractivity contribution in [2.75, 3.05) is 0 Å². The number of carbonyl (C=O) groups is 2. The minimum atomic E-state index is -0.967. The Morgan fingerprint density at radius 1 is 1.04 bits per heavy atom. The Bertz CT molecular complexity index is 766. The van der Waals surface area contributed by atoms with Gasteiger partial charge in [0.25, 0.3) is 0 Å². The molecule has 0 amide bonds. The normalized spacial score (nSPS) is 12.3. The molecule has 0 saturated carbocycles. The Hall–Kier alpha value is -3.08. The predicted molar refractivity (Wildman–Crippen MR) is 99.9 cm³/mol. The van der Waals surface area contributed by atoms with Crippen LogP contribution in [0.3, 0.4) is 0 Å². The molecule has 2 aromatic rings. The van der Waals surface area contributed by atoms with E-state index in [-0.39, 0.29) is 5.78 Å². The van der Waals surface area contributed by atoms with Crippen LogP contribution < -0.4 is 10.1 Å². The first kappa shape index (κ1) is 19.2. The van der Waals surface area contributed by atoms with E-state index >= 15 is 0 Å². The van der Waals surface area contributed by atoms with Crippen LogP contribution in [0.1, 0.15) is 25.0 Å². The Morgan fingerprint density at radius 3 is 2.27 bits per heavy atom. The van der Waals surface area contributed by atoms with E-state index < -0.39 is 12.0 Å². The summed E-state index contributed by atoms with van der Waals surface area (Å²) in [6.07, 6.45) is 1.69. The number of allylic oxidation sites excluding steroid dienone is 2. The van der Waals surface area contributed by atoms with Gasteiger partial charge in [0.15, 0.2) is 5.78 Å². The second kappa shape index (κ2) is 9.42. The molecule has 2 aromatic carbocycles. The highest BCUT2D eigenvalue weighted by Gasteiger charge is 2.17. The molecule has 0 aliphatic carbocycles. The Balaban J connectivity index is 1.95. The van der Waals surface area contributed by atoms with Crippen molar-refractivity contribution in [3.05, 3.63) is 77.5 Å². The molecule has 0 fully saturated rings. The lowest BCUT2D eigenvalue weighted by Crippen LogP contribution is -2.37. The Morgan fingerprint density at radius 2 is 1.69 bits per heavy atom. The third-order valence-corrected chi connectivity index (χ3v) is 3.73. The highest BCUT2D eigenvalue weighted by atomic mass is 16.5. The molecule has 0 aliphatic rings. The zero-order chi connectivity index (χ0) is 18.9. The number of carbonyl (C=O) groups excluding carboxylic acids is 1. The van der Waals surface area contributed by atoms with Crippen LogP contribution in [-0.4, -0.2) is 22.9 Å². The summed E-state index contributed by atoms with van der Waals surface area (Å²) in [4.78, 5) is 22.5. The van der Waals surface area contributed by atoms with Crippen molar-refractivity contribution < 1.29 is 19.4 Å². The van der Waals surface area contributed by atoms with Gasteiger partial charge >= 0.3 is 5.97 Å². The number of benzene rings is 2. The highest BCUT2D eigenvalue weighted by Crippen LogP contribution is 2.15. The van der Waals surface area contributed by atoms with E-state index in [1.807, 2.05) is 54.6 Å². The van der Waals surface area contributed by atoms with Crippen molar-refractivity contribution in [3.8, 4) is 5.75 Å². The second-order valence-electron chi connectivity index (χ2n) is 6.10. The average molecular weight is 353 g/mol. The highest BCUT2D eigenvalue weighted by molar-refractivity contribution is 5.88. The van der Waals surface area contributed by atoms with Gasteiger partial charge in [0.05, 0.1) is 0 Å². The number of ether oxygens (including phenoxy) is 1. The zero-order valence-corrected chi connectivity index (χ0v) is 14.9. The first-order valence-electron chi connectivity index (χ1n) is 8.38. The molecule has 0 bridgehead atoms. The smallest absolute Gasteiger partial charge is 0.326 e. The maximum absolute atomic E-state index is 11.5. The number of aliphatic carboxylic acids is 1. The second-order valence-corrected chi connectivity index (χ2v) is 6.10. The quantitative estimate of drug-likeness (QED) is 0.676. The molecule has 2 rings (SSSR count). The fourth-order valence-electron chi connectivity index (χ4n) is 2.52. The molecule has 5 nitrogen and oxygen atoms in total.